The van der Waals surface area contributed by atoms with Crippen LogP contribution in [0.4, 0.5) is 23.1 Å². The summed E-state index contributed by atoms with van der Waals surface area (Å²) in [5.74, 6) is 1.44. The number of rotatable bonds is 8. The van der Waals surface area contributed by atoms with Crippen molar-refractivity contribution in [3.63, 3.8) is 0 Å². The standard InChI is InChI=1S/C19H28N6O/c1-24(2)11-5-9-20-19-21-10-8-18(23-19)22-16-6-3-4-7-17(16)25-12-14-26-15-13-25/h3-4,6-8,10H,5,9,11-15H2,1-2H3,(H2,20,21,22,23). The first-order valence-electron chi connectivity index (χ1n) is 9.13. The smallest absolute Gasteiger partial charge is 0.224 e. The average molecular weight is 356 g/mol. The third-order valence-electron chi connectivity index (χ3n) is 4.24. The van der Waals surface area contributed by atoms with E-state index in [0.29, 0.717) is 5.95 Å². The molecule has 1 aromatic heterocycles. The van der Waals surface area contributed by atoms with E-state index in [-0.39, 0.29) is 0 Å². The number of anilines is 4. The number of nitrogens with zero attached hydrogens (tertiary/aromatic N) is 4. The summed E-state index contributed by atoms with van der Waals surface area (Å²) in [4.78, 5) is 13.4. The summed E-state index contributed by atoms with van der Waals surface area (Å²) in [6.45, 7) is 5.23. The maximum absolute atomic E-state index is 5.46. The van der Waals surface area contributed by atoms with Gasteiger partial charge < -0.3 is 25.2 Å². The van der Waals surface area contributed by atoms with E-state index in [1.165, 1.54) is 5.69 Å². The molecule has 7 nitrogen and oxygen atoms in total. The summed E-state index contributed by atoms with van der Waals surface area (Å²) < 4.78 is 5.46. The minimum absolute atomic E-state index is 0.651. The number of morpholine rings is 1. The van der Waals surface area contributed by atoms with Gasteiger partial charge in [0.15, 0.2) is 0 Å². The second kappa shape index (κ2) is 9.35. The monoisotopic (exact) mass is 356 g/mol. The lowest BCUT2D eigenvalue weighted by molar-refractivity contribution is 0.123. The summed E-state index contributed by atoms with van der Waals surface area (Å²) >= 11 is 0. The van der Waals surface area contributed by atoms with Crippen molar-refractivity contribution in [2.75, 3.05) is 69.0 Å². The highest BCUT2D eigenvalue weighted by atomic mass is 16.5. The summed E-state index contributed by atoms with van der Waals surface area (Å²) in [5.41, 5.74) is 2.22. The molecule has 1 saturated heterocycles. The van der Waals surface area contributed by atoms with E-state index >= 15 is 0 Å². The molecule has 1 aliphatic rings. The lowest BCUT2D eigenvalue weighted by atomic mass is 10.2. The second-order valence-corrected chi connectivity index (χ2v) is 6.59. The molecule has 1 aliphatic heterocycles. The van der Waals surface area contributed by atoms with Crippen molar-refractivity contribution < 1.29 is 4.74 Å². The van der Waals surface area contributed by atoms with Crippen molar-refractivity contribution in [1.29, 1.82) is 0 Å². The molecular formula is C19H28N6O. The van der Waals surface area contributed by atoms with Gasteiger partial charge in [0, 0.05) is 25.8 Å². The molecule has 2 N–H and O–H groups in total. The Labute approximate surface area is 155 Å². The van der Waals surface area contributed by atoms with Crippen molar-refractivity contribution in [2.24, 2.45) is 0 Å². The van der Waals surface area contributed by atoms with Gasteiger partial charge in [-0.15, -0.1) is 0 Å². The minimum atomic E-state index is 0.651. The fraction of sp³-hybridized carbons (Fsp3) is 0.474. The molecule has 3 rings (SSSR count). The van der Waals surface area contributed by atoms with Crippen LogP contribution in [0.3, 0.4) is 0 Å². The number of hydrogen-bond acceptors (Lipinski definition) is 7. The van der Waals surface area contributed by atoms with Crippen LogP contribution in [0.15, 0.2) is 36.5 Å². The molecule has 140 valence electrons. The first-order valence-corrected chi connectivity index (χ1v) is 9.13. The molecule has 0 saturated carbocycles. The highest BCUT2D eigenvalue weighted by molar-refractivity contribution is 5.74. The van der Waals surface area contributed by atoms with Gasteiger partial charge in [-0.05, 0) is 45.3 Å². The van der Waals surface area contributed by atoms with Crippen LogP contribution in [0.25, 0.3) is 0 Å². The van der Waals surface area contributed by atoms with Gasteiger partial charge >= 0.3 is 0 Å². The van der Waals surface area contributed by atoms with Gasteiger partial charge in [-0.3, -0.25) is 0 Å². The Hall–Kier alpha value is -2.38. The molecule has 0 aliphatic carbocycles. The minimum Gasteiger partial charge on any atom is -0.378 e. The number of ether oxygens (including phenoxy) is 1. The Balaban J connectivity index is 1.64. The van der Waals surface area contributed by atoms with E-state index in [4.69, 9.17) is 4.74 Å². The van der Waals surface area contributed by atoms with Crippen molar-refractivity contribution in [1.82, 2.24) is 14.9 Å². The van der Waals surface area contributed by atoms with E-state index in [1.54, 1.807) is 6.20 Å². The average Bonchev–Trinajstić information content (AvgIpc) is 2.67. The van der Waals surface area contributed by atoms with Crippen molar-refractivity contribution >= 4 is 23.1 Å². The maximum atomic E-state index is 5.46. The van der Waals surface area contributed by atoms with Crippen LogP contribution in [0.1, 0.15) is 6.42 Å². The van der Waals surface area contributed by atoms with E-state index in [0.717, 1.165) is 57.3 Å². The van der Waals surface area contributed by atoms with Crippen LogP contribution < -0.4 is 15.5 Å². The third kappa shape index (κ3) is 5.31. The van der Waals surface area contributed by atoms with Gasteiger partial charge in [0.05, 0.1) is 24.6 Å². The normalized spacial score (nSPS) is 14.5. The lowest BCUT2D eigenvalue weighted by Gasteiger charge is -2.30. The Morgan fingerprint density at radius 1 is 1.15 bits per heavy atom. The molecule has 0 spiro atoms. The predicted octanol–water partition coefficient (Wildman–Crippen LogP) is 2.42. The quantitative estimate of drug-likeness (QED) is 0.704. The zero-order valence-corrected chi connectivity index (χ0v) is 15.6. The summed E-state index contributed by atoms with van der Waals surface area (Å²) in [5, 5.41) is 6.73. The summed E-state index contributed by atoms with van der Waals surface area (Å²) in [7, 11) is 4.15. The van der Waals surface area contributed by atoms with Gasteiger partial charge in [-0.2, -0.15) is 4.98 Å². The summed E-state index contributed by atoms with van der Waals surface area (Å²) in [6.07, 6.45) is 2.83. The Morgan fingerprint density at radius 2 is 1.96 bits per heavy atom. The first kappa shape index (κ1) is 18.4. The molecule has 26 heavy (non-hydrogen) atoms. The number of para-hydroxylation sites is 2. The van der Waals surface area contributed by atoms with Crippen LogP contribution in [0.5, 0.6) is 0 Å². The van der Waals surface area contributed by atoms with E-state index in [1.807, 2.05) is 12.1 Å². The van der Waals surface area contributed by atoms with Gasteiger partial charge in [-0.25, -0.2) is 4.98 Å². The topological polar surface area (TPSA) is 65.5 Å². The van der Waals surface area contributed by atoms with Crippen LogP contribution in [0, 0.1) is 0 Å². The van der Waals surface area contributed by atoms with E-state index in [2.05, 4.69) is 62.7 Å². The van der Waals surface area contributed by atoms with Gasteiger partial charge in [0.25, 0.3) is 0 Å². The largest absolute Gasteiger partial charge is 0.378 e. The molecule has 1 aromatic carbocycles. The van der Waals surface area contributed by atoms with Crippen molar-refractivity contribution in [2.45, 2.75) is 6.42 Å². The van der Waals surface area contributed by atoms with Gasteiger partial charge in [0.2, 0.25) is 5.95 Å². The Bertz CT molecular complexity index is 687. The molecule has 0 atom stereocenters. The van der Waals surface area contributed by atoms with E-state index in [9.17, 15) is 0 Å². The predicted molar refractivity (Wildman–Crippen MR) is 106 cm³/mol. The molecule has 7 heteroatoms. The highest BCUT2D eigenvalue weighted by Gasteiger charge is 2.14. The van der Waals surface area contributed by atoms with Crippen molar-refractivity contribution in [3.8, 4) is 0 Å². The molecule has 0 unspecified atom stereocenters. The zero-order chi connectivity index (χ0) is 18.2. The van der Waals surface area contributed by atoms with Crippen LogP contribution >= 0.6 is 0 Å². The molecule has 0 radical (unpaired) electrons. The first-order chi connectivity index (χ1) is 12.7. The van der Waals surface area contributed by atoms with E-state index < -0.39 is 0 Å². The fourth-order valence-corrected chi connectivity index (χ4v) is 2.91. The van der Waals surface area contributed by atoms with Crippen LogP contribution in [-0.2, 0) is 4.74 Å². The highest BCUT2D eigenvalue weighted by Crippen LogP contribution is 2.28. The van der Waals surface area contributed by atoms with Gasteiger partial charge in [0.1, 0.15) is 5.82 Å². The molecular weight excluding hydrogens is 328 g/mol. The maximum Gasteiger partial charge on any atom is 0.224 e. The summed E-state index contributed by atoms with van der Waals surface area (Å²) in [6, 6.07) is 10.2. The third-order valence-corrected chi connectivity index (χ3v) is 4.24. The van der Waals surface area contributed by atoms with Crippen molar-refractivity contribution in [3.05, 3.63) is 36.5 Å². The molecule has 0 amide bonds. The molecule has 2 aromatic rings. The molecule has 1 fully saturated rings. The zero-order valence-electron chi connectivity index (χ0n) is 15.6. The Morgan fingerprint density at radius 3 is 2.77 bits per heavy atom. The van der Waals surface area contributed by atoms with Crippen LogP contribution in [-0.4, -0.2) is 68.4 Å². The SMILES string of the molecule is CN(C)CCCNc1nccc(Nc2ccccc2N2CCOCC2)n1. The Kier molecular flexibility index (Phi) is 6.62. The number of hydrogen-bond donors (Lipinski definition) is 2. The number of aromatic nitrogens is 2. The number of benzene rings is 1. The second-order valence-electron chi connectivity index (χ2n) is 6.59. The molecule has 2 heterocycles. The lowest BCUT2D eigenvalue weighted by Crippen LogP contribution is -2.36. The fourth-order valence-electron chi connectivity index (χ4n) is 2.91. The van der Waals surface area contributed by atoms with Gasteiger partial charge in [-0.1, -0.05) is 12.1 Å². The molecule has 0 bridgehead atoms. The van der Waals surface area contributed by atoms with Crippen LogP contribution in [0.2, 0.25) is 0 Å². The number of nitrogens with one attached hydrogen (secondary N) is 2.